The van der Waals surface area contributed by atoms with E-state index < -0.39 is 6.04 Å². The second-order valence-electron chi connectivity index (χ2n) is 6.86. The SMILES string of the molecule is COCC(N)C(=O)Nc1cccc(NC(=O)Nc2cccc3c2CCCC3)c1. The third-order valence-electron chi connectivity index (χ3n) is 4.72. The van der Waals surface area contributed by atoms with Gasteiger partial charge in [-0.3, -0.25) is 4.79 Å². The van der Waals surface area contributed by atoms with Crippen LogP contribution in [0.4, 0.5) is 21.9 Å². The molecule has 2 aromatic rings. The van der Waals surface area contributed by atoms with Crippen molar-refractivity contribution in [2.24, 2.45) is 5.73 Å². The maximum Gasteiger partial charge on any atom is 0.323 e. The lowest BCUT2D eigenvalue weighted by molar-refractivity contribution is -0.118. The highest BCUT2D eigenvalue weighted by Crippen LogP contribution is 2.28. The first-order valence-corrected chi connectivity index (χ1v) is 9.41. The van der Waals surface area contributed by atoms with Crippen LogP contribution in [0.15, 0.2) is 42.5 Å². The van der Waals surface area contributed by atoms with Gasteiger partial charge in [-0.25, -0.2) is 4.79 Å². The highest BCUT2D eigenvalue weighted by atomic mass is 16.5. The lowest BCUT2D eigenvalue weighted by Crippen LogP contribution is -2.39. The molecule has 5 N–H and O–H groups in total. The number of nitrogens with two attached hydrogens (primary N) is 1. The van der Waals surface area contributed by atoms with E-state index in [1.54, 1.807) is 24.3 Å². The Morgan fingerprint density at radius 3 is 2.54 bits per heavy atom. The molecule has 3 rings (SSSR count). The molecular weight excluding hydrogens is 356 g/mol. The molecule has 0 radical (unpaired) electrons. The monoisotopic (exact) mass is 382 g/mol. The summed E-state index contributed by atoms with van der Waals surface area (Å²) in [5, 5.41) is 8.46. The van der Waals surface area contributed by atoms with Crippen molar-refractivity contribution in [1.29, 1.82) is 0 Å². The van der Waals surface area contributed by atoms with Gasteiger partial charge in [0.2, 0.25) is 5.91 Å². The quantitative estimate of drug-likeness (QED) is 0.616. The number of anilines is 3. The fourth-order valence-corrected chi connectivity index (χ4v) is 3.35. The van der Waals surface area contributed by atoms with Crippen LogP contribution in [0.5, 0.6) is 0 Å². The first-order valence-electron chi connectivity index (χ1n) is 9.41. The van der Waals surface area contributed by atoms with E-state index in [1.165, 1.54) is 24.7 Å². The lowest BCUT2D eigenvalue weighted by Gasteiger charge is -2.19. The van der Waals surface area contributed by atoms with E-state index in [1.807, 2.05) is 12.1 Å². The molecule has 0 fully saturated rings. The van der Waals surface area contributed by atoms with Crippen LogP contribution in [-0.4, -0.2) is 31.7 Å². The van der Waals surface area contributed by atoms with E-state index in [0.717, 1.165) is 24.9 Å². The summed E-state index contributed by atoms with van der Waals surface area (Å²) in [5.74, 6) is -0.348. The van der Waals surface area contributed by atoms with Crippen molar-refractivity contribution in [2.45, 2.75) is 31.7 Å². The molecule has 0 spiro atoms. The van der Waals surface area contributed by atoms with Crippen molar-refractivity contribution < 1.29 is 14.3 Å². The molecule has 1 aliphatic rings. The average molecular weight is 382 g/mol. The van der Waals surface area contributed by atoms with Crippen LogP contribution in [0.25, 0.3) is 0 Å². The molecule has 0 aromatic heterocycles. The van der Waals surface area contributed by atoms with Gasteiger partial charge in [-0.15, -0.1) is 0 Å². The topological polar surface area (TPSA) is 105 Å². The van der Waals surface area contributed by atoms with Gasteiger partial charge >= 0.3 is 6.03 Å². The predicted octanol–water partition coefficient (Wildman–Crippen LogP) is 3.12. The summed E-state index contributed by atoms with van der Waals surface area (Å²) in [4.78, 5) is 24.4. The molecule has 28 heavy (non-hydrogen) atoms. The molecule has 0 saturated carbocycles. The zero-order valence-corrected chi connectivity index (χ0v) is 16.0. The molecule has 0 bridgehead atoms. The van der Waals surface area contributed by atoms with E-state index in [-0.39, 0.29) is 18.5 Å². The zero-order chi connectivity index (χ0) is 19.9. The van der Waals surface area contributed by atoms with Crippen molar-refractivity contribution in [3.05, 3.63) is 53.6 Å². The van der Waals surface area contributed by atoms with Crippen molar-refractivity contribution in [3.63, 3.8) is 0 Å². The molecule has 2 aromatic carbocycles. The second-order valence-corrected chi connectivity index (χ2v) is 6.86. The Hall–Kier alpha value is -2.90. The van der Waals surface area contributed by atoms with Gasteiger partial charge in [0, 0.05) is 24.2 Å². The normalized spacial score (nSPS) is 13.9. The van der Waals surface area contributed by atoms with Gasteiger partial charge in [-0.2, -0.15) is 0 Å². The molecule has 0 aliphatic heterocycles. The van der Waals surface area contributed by atoms with Gasteiger partial charge in [-0.1, -0.05) is 18.2 Å². The summed E-state index contributed by atoms with van der Waals surface area (Å²) in [6, 6.07) is 11.9. The maximum atomic E-state index is 12.4. The first-order chi connectivity index (χ1) is 13.6. The van der Waals surface area contributed by atoms with E-state index in [4.69, 9.17) is 10.5 Å². The summed E-state index contributed by atoms with van der Waals surface area (Å²) in [6.45, 7) is 0.133. The van der Waals surface area contributed by atoms with Crippen LogP contribution in [0, 0.1) is 0 Å². The maximum absolute atomic E-state index is 12.4. The molecule has 0 heterocycles. The van der Waals surface area contributed by atoms with Crippen LogP contribution < -0.4 is 21.7 Å². The predicted molar refractivity (Wildman–Crippen MR) is 111 cm³/mol. The summed E-state index contributed by atoms with van der Waals surface area (Å²) in [5.41, 5.74) is 10.2. The number of hydrogen-bond donors (Lipinski definition) is 4. The zero-order valence-electron chi connectivity index (χ0n) is 16.0. The Kier molecular flexibility index (Phi) is 6.62. The van der Waals surface area contributed by atoms with E-state index in [2.05, 4.69) is 22.0 Å². The largest absolute Gasteiger partial charge is 0.383 e. The second kappa shape index (κ2) is 9.34. The Morgan fingerprint density at radius 1 is 1.04 bits per heavy atom. The van der Waals surface area contributed by atoms with Crippen molar-refractivity contribution in [2.75, 3.05) is 29.7 Å². The number of rotatable bonds is 6. The van der Waals surface area contributed by atoms with Gasteiger partial charge in [0.15, 0.2) is 0 Å². The number of ether oxygens (including phenoxy) is 1. The number of urea groups is 1. The first kappa shape index (κ1) is 19.9. The summed E-state index contributed by atoms with van der Waals surface area (Å²) in [7, 11) is 1.49. The van der Waals surface area contributed by atoms with E-state index in [0.29, 0.717) is 11.4 Å². The molecule has 7 nitrogen and oxygen atoms in total. The van der Waals surface area contributed by atoms with Gasteiger partial charge in [0.1, 0.15) is 6.04 Å². The van der Waals surface area contributed by atoms with Gasteiger partial charge in [0.05, 0.1) is 6.61 Å². The Balaban J connectivity index is 1.63. The van der Waals surface area contributed by atoms with E-state index >= 15 is 0 Å². The Labute approximate surface area is 164 Å². The van der Waals surface area contributed by atoms with Crippen LogP contribution >= 0.6 is 0 Å². The number of carbonyl (C=O) groups is 2. The standard InChI is InChI=1S/C21H26N4O3/c1-28-13-18(22)20(26)23-15-8-5-9-16(12-15)24-21(27)25-19-11-4-7-14-6-2-3-10-17(14)19/h4-5,7-9,11-12,18H,2-3,6,10,13,22H2,1H3,(H,23,26)(H2,24,25,27). The minimum atomic E-state index is -0.755. The molecule has 1 unspecified atom stereocenters. The average Bonchev–Trinajstić information content (AvgIpc) is 2.68. The molecule has 0 saturated heterocycles. The molecule has 148 valence electrons. The Morgan fingerprint density at radius 2 is 1.75 bits per heavy atom. The van der Waals surface area contributed by atoms with Crippen molar-refractivity contribution >= 4 is 29.0 Å². The lowest BCUT2D eigenvalue weighted by atomic mass is 9.90. The number of benzene rings is 2. The minimum absolute atomic E-state index is 0.133. The Bertz CT molecular complexity index is 853. The molecule has 1 atom stereocenters. The van der Waals surface area contributed by atoms with Crippen molar-refractivity contribution in [3.8, 4) is 0 Å². The summed E-state index contributed by atoms with van der Waals surface area (Å²) < 4.78 is 4.88. The summed E-state index contributed by atoms with van der Waals surface area (Å²) in [6.07, 6.45) is 4.37. The van der Waals surface area contributed by atoms with Crippen LogP contribution in [0.1, 0.15) is 24.0 Å². The molecule has 1 aliphatic carbocycles. The van der Waals surface area contributed by atoms with Gasteiger partial charge < -0.3 is 26.4 Å². The molecular formula is C21H26N4O3. The number of amides is 3. The number of aryl methyl sites for hydroxylation is 1. The third kappa shape index (κ3) is 5.09. The number of nitrogens with one attached hydrogen (secondary N) is 3. The number of hydrogen-bond acceptors (Lipinski definition) is 4. The number of methoxy groups -OCH3 is 1. The van der Waals surface area contributed by atoms with E-state index in [9.17, 15) is 9.59 Å². The fraction of sp³-hybridized carbons (Fsp3) is 0.333. The summed E-state index contributed by atoms with van der Waals surface area (Å²) >= 11 is 0. The third-order valence-corrected chi connectivity index (χ3v) is 4.72. The fourth-order valence-electron chi connectivity index (χ4n) is 3.35. The molecule has 3 amide bonds. The highest BCUT2D eigenvalue weighted by molar-refractivity contribution is 6.01. The van der Waals surface area contributed by atoms with Gasteiger partial charge in [-0.05, 0) is 61.1 Å². The van der Waals surface area contributed by atoms with Crippen molar-refractivity contribution in [1.82, 2.24) is 0 Å². The highest BCUT2D eigenvalue weighted by Gasteiger charge is 2.15. The van der Waals surface area contributed by atoms with Gasteiger partial charge in [0.25, 0.3) is 0 Å². The van der Waals surface area contributed by atoms with Crippen LogP contribution in [0.2, 0.25) is 0 Å². The van der Waals surface area contributed by atoms with Crippen LogP contribution in [-0.2, 0) is 22.4 Å². The molecule has 7 heteroatoms. The smallest absolute Gasteiger partial charge is 0.323 e. The minimum Gasteiger partial charge on any atom is -0.383 e. The number of fused-ring (bicyclic) bond motifs is 1. The van der Waals surface area contributed by atoms with Crippen LogP contribution in [0.3, 0.4) is 0 Å². The number of carbonyl (C=O) groups excluding carboxylic acids is 2.